The summed E-state index contributed by atoms with van der Waals surface area (Å²) in [6.45, 7) is 0.00756. The Balaban J connectivity index is 2.55. The molecule has 1 heterocycles. The van der Waals surface area contributed by atoms with E-state index < -0.39 is 0 Å². The first-order valence-electron chi connectivity index (χ1n) is 5.72. The van der Waals surface area contributed by atoms with E-state index >= 15 is 0 Å². The number of carbonyl (C=O) groups is 2. The molecule has 0 aromatic carbocycles. The Morgan fingerprint density at radius 1 is 1.42 bits per heavy atom. The van der Waals surface area contributed by atoms with Crippen molar-refractivity contribution in [2.45, 2.75) is 6.42 Å². The van der Waals surface area contributed by atoms with Gasteiger partial charge in [0.2, 0.25) is 5.91 Å². The van der Waals surface area contributed by atoms with Crippen molar-refractivity contribution in [3.63, 3.8) is 0 Å². The highest BCUT2D eigenvalue weighted by atomic mass is 32.1. The van der Waals surface area contributed by atoms with Gasteiger partial charge >= 0.3 is 0 Å². The van der Waals surface area contributed by atoms with Gasteiger partial charge in [-0.15, -0.1) is 11.3 Å². The van der Waals surface area contributed by atoms with Crippen molar-refractivity contribution in [1.29, 1.82) is 0 Å². The highest BCUT2D eigenvalue weighted by Crippen LogP contribution is 2.15. The van der Waals surface area contributed by atoms with Crippen LogP contribution in [0.2, 0.25) is 0 Å². The molecule has 1 rings (SSSR count). The lowest BCUT2D eigenvalue weighted by atomic mass is 10.4. The number of aliphatic hydroxyl groups excluding tert-OH is 1. The zero-order chi connectivity index (χ0) is 14.3. The van der Waals surface area contributed by atoms with Gasteiger partial charge < -0.3 is 15.3 Å². The predicted molar refractivity (Wildman–Crippen MR) is 73.9 cm³/mol. The van der Waals surface area contributed by atoms with Crippen molar-refractivity contribution in [3.8, 4) is 11.8 Å². The van der Waals surface area contributed by atoms with Crippen LogP contribution in [-0.2, 0) is 4.79 Å². The van der Waals surface area contributed by atoms with Gasteiger partial charge in [-0.3, -0.25) is 9.59 Å². The number of carbonyl (C=O) groups excluding carboxylic acids is 2. The van der Waals surface area contributed by atoms with Crippen LogP contribution in [0.25, 0.3) is 0 Å². The van der Waals surface area contributed by atoms with Gasteiger partial charge in [-0.25, -0.2) is 0 Å². The van der Waals surface area contributed by atoms with Gasteiger partial charge in [-0.05, 0) is 12.1 Å². The van der Waals surface area contributed by atoms with E-state index in [1.165, 1.54) is 16.2 Å². The highest BCUT2D eigenvalue weighted by Gasteiger charge is 2.10. The zero-order valence-corrected chi connectivity index (χ0v) is 11.7. The number of hydrogen-bond acceptors (Lipinski definition) is 4. The zero-order valence-electron chi connectivity index (χ0n) is 10.9. The van der Waals surface area contributed by atoms with Gasteiger partial charge in [0.1, 0.15) is 0 Å². The summed E-state index contributed by atoms with van der Waals surface area (Å²) in [6, 6.07) is 3.42. The van der Waals surface area contributed by atoms with E-state index in [2.05, 4.69) is 17.2 Å². The van der Waals surface area contributed by atoms with Crippen molar-refractivity contribution in [1.82, 2.24) is 10.2 Å². The number of nitrogens with zero attached hydrogens (tertiary/aromatic N) is 1. The molecule has 2 amide bonds. The number of amides is 2. The summed E-state index contributed by atoms with van der Waals surface area (Å²) in [5, 5.41) is 11.2. The Kier molecular flexibility index (Phi) is 6.06. The van der Waals surface area contributed by atoms with E-state index in [0.29, 0.717) is 11.3 Å². The quantitative estimate of drug-likeness (QED) is 0.779. The van der Waals surface area contributed by atoms with E-state index in [1.807, 2.05) is 0 Å². The summed E-state index contributed by atoms with van der Waals surface area (Å²) in [6.07, 6.45) is 0.413. The normalized spacial score (nSPS) is 9.42. The lowest BCUT2D eigenvalue weighted by Crippen LogP contribution is -2.35. The number of thiophene rings is 1. The summed E-state index contributed by atoms with van der Waals surface area (Å²) in [4.78, 5) is 25.8. The smallest absolute Gasteiger partial charge is 0.261 e. The highest BCUT2D eigenvalue weighted by molar-refractivity contribution is 7.14. The van der Waals surface area contributed by atoms with Crippen LogP contribution in [0.4, 0.5) is 0 Å². The SMILES string of the molecule is CN(C)C(=O)CNC(=O)c1ccc(C#CCCO)s1. The monoisotopic (exact) mass is 280 g/mol. The summed E-state index contributed by atoms with van der Waals surface area (Å²) in [5.74, 6) is 5.20. The molecule has 6 heteroatoms. The minimum atomic E-state index is -0.282. The third-order valence-electron chi connectivity index (χ3n) is 2.18. The molecule has 0 radical (unpaired) electrons. The van der Waals surface area contributed by atoms with Crippen molar-refractivity contribution < 1.29 is 14.7 Å². The third kappa shape index (κ3) is 5.12. The van der Waals surface area contributed by atoms with Crippen LogP contribution in [0.1, 0.15) is 21.0 Å². The van der Waals surface area contributed by atoms with Gasteiger partial charge in [-0.2, -0.15) is 0 Å². The second-order valence-electron chi connectivity index (χ2n) is 3.91. The molecule has 0 aliphatic carbocycles. The minimum Gasteiger partial charge on any atom is -0.395 e. The molecular formula is C13H16N2O3S. The number of likely N-dealkylation sites (N-methyl/N-ethyl adjacent to an activating group) is 1. The molecule has 0 aliphatic heterocycles. The van der Waals surface area contributed by atoms with E-state index in [1.54, 1.807) is 26.2 Å². The Labute approximate surface area is 116 Å². The van der Waals surface area contributed by atoms with Crippen LogP contribution in [0.15, 0.2) is 12.1 Å². The lowest BCUT2D eigenvalue weighted by Gasteiger charge is -2.10. The Morgan fingerprint density at radius 3 is 2.79 bits per heavy atom. The Hall–Kier alpha value is -1.84. The predicted octanol–water partition coefficient (Wildman–Crippen LogP) is 0.300. The fourth-order valence-corrected chi connectivity index (χ4v) is 1.93. The Bertz CT molecular complexity index is 511. The summed E-state index contributed by atoms with van der Waals surface area (Å²) in [5.41, 5.74) is 0. The average molecular weight is 280 g/mol. The lowest BCUT2D eigenvalue weighted by molar-refractivity contribution is -0.127. The fraction of sp³-hybridized carbons (Fsp3) is 0.385. The number of rotatable bonds is 4. The van der Waals surface area contributed by atoms with Crippen LogP contribution in [0.3, 0.4) is 0 Å². The van der Waals surface area contributed by atoms with E-state index in [0.717, 1.165) is 4.88 Å². The molecule has 0 fully saturated rings. The van der Waals surface area contributed by atoms with Crippen LogP contribution in [-0.4, -0.2) is 49.1 Å². The van der Waals surface area contributed by atoms with Gasteiger partial charge in [-0.1, -0.05) is 11.8 Å². The van der Waals surface area contributed by atoms with Crippen LogP contribution in [0.5, 0.6) is 0 Å². The molecule has 0 bridgehead atoms. The first-order chi connectivity index (χ1) is 9.04. The third-order valence-corrected chi connectivity index (χ3v) is 3.18. The van der Waals surface area contributed by atoms with Crippen LogP contribution >= 0.6 is 11.3 Å². The van der Waals surface area contributed by atoms with Crippen molar-refractivity contribution in [3.05, 3.63) is 21.9 Å². The molecule has 0 aliphatic rings. The first kappa shape index (κ1) is 15.2. The number of nitrogens with one attached hydrogen (secondary N) is 1. The minimum absolute atomic E-state index is 0.0186. The molecule has 0 saturated carbocycles. The van der Waals surface area contributed by atoms with E-state index in [9.17, 15) is 9.59 Å². The molecule has 0 atom stereocenters. The Morgan fingerprint density at radius 2 is 2.16 bits per heavy atom. The molecular weight excluding hydrogens is 264 g/mol. The van der Waals surface area contributed by atoms with Gasteiger partial charge in [0.25, 0.3) is 5.91 Å². The molecule has 0 saturated heterocycles. The van der Waals surface area contributed by atoms with Crippen molar-refractivity contribution >= 4 is 23.2 Å². The summed E-state index contributed by atoms with van der Waals surface area (Å²) < 4.78 is 0. The molecule has 19 heavy (non-hydrogen) atoms. The summed E-state index contributed by atoms with van der Waals surface area (Å²) in [7, 11) is 3.27. The van der Waals surface area contributed by atoms with Gasteiger partial charge in [0.05, 0.1) is 22.9 Å². The molecule has 2 N–H and O–H groups in total. The van der Waals surface area contributed by atoms with Crippen LogP contribution in [0, 0.1) is 11.8 Å². The molecule has 1 aromatic heterocycles. The second kappa shape index (κ2) is 7.56. The number of hydrogen-bond donors (Lipinski definition) is 2. The maximum atomic E-state index is 11.8. The molecule has 0 unspecified atom stereocenters. The molecule has 0 spiro atoms. The van der Waals surface area contributed by atoms with Crippen molar-refractivity contribution in [2.75, 3.05) is 27.2 Å². The first-order valence-corrected chi connectivity index (χ1v) is 6.54. The average Bonchev–Trinajstić information content (AvgIpc) is 2.84. The van der Waals surface area contributed by atoms with Crippen molar-refractivity contribution in [2.24, 2.45) is 0 Å². The van der Waals surface area contributed by atoms with Crippen LogP contribution < -0.4 is 5.32 Å². The largest absolute Gasteiger partial charge is 0.395 e. The second-order valence-corrected chi connectivity index (χ2v) is 4.99. The van der Waals surface area contributed by atoms with Gasteiger partial charge in [0, 0.05) is 20.5 Å². The van der Waals surface area contributed by atoms with E-state index in [4.69, 9.17) is 5.11 Å². The van der Waals surface area contributed by atoms with Gasteiger partial charge in [0.15, 0.2) is 0 Å². The number of aliphatic hydroxyl groups is 1. The standard InChI is InChI=1S/C13H16N2O3S/c1-15(2)12(17)9-14-13(18)11-7-6-10(19-11)5-3-4-8-16/h6-7,16H,4,8-9H2,1-2H3,(H,14,18). The maximum Gasteiger partial charge on any atom is 0.261 e. The fourth-order valence-electron chi connectivity index (χ4n) is 1.13. The maximum absolute atomic E-state index is 11.8. The molecule has 1 aromatic rings. The molecule has 5 nitrogen and oxygen atoms in total. The topological polar surface area (TPSA) is 69.6 Å². The van der Waals surface area contributed by atoms with E-state index in [-0.39, 0.29) is 25.0 Å². The summed E-state index contributed by atoms with van der Waals surface area (Å²) >= 11 is 1.26. The molecule has 102 valence electrons.